The second-order valence-corrected chi connectivity index (χ2v) is 4.79. The van der Waals surface area contributed by atoms with Gasteiger partial charge in [0.15, 0.2) is 0 Å². The van der Waals surface area contributed by atoms with Crippen molar-refractivity contribution in [3.05, 3.63) is 0 Å². The summed E-state index contributed by atoms with van der Waals surface area (Å²) < 4.78 is 0. The fourth-order valence-corrected chi connectivity index (χ4v) is 1.41. The minimum absolute atomic E-state index is 0.157. The van der Waals surface area contributed by atoms with E-state index in [1.165, 1.54) is 13.8 Å². The summed E-state index contributed by atoms with van der Waals surface area (Å²) in [5.74, 6) is -1.13. The SMILES string of the molecule is CCCCCNC(=O)C(C)NC(C)(C)C(=O)O. The van der Waals surface area contributed by atoms with Gasteiger partial charge >= 0.3 is 5.97 Å². The zero-order valence-electron chi connectivity index (χ0n) is 11.2. The molecule has 100 valence electrons. The van der Waals surface area contributed by atoms with E-state index in [-0.39, 0.29) is 5.91 Å². The predicted octanol–water partition coefficient (Wildman–Crippen LogP) is 1.13. The van der Waals surface area contributed by atoms with E-state index < -0.39 is 17.6 Å². The van der Waals surface area contributed by atoms with Crippen LogP contribution in [0.15, 0.2) is 0 Å². The molecule has 0 bridgehead atoms. The van der Waals surface area contributed by atoms with Crippen molar-refractivity contribution in [2.24, 2.45) is 0 Å². The molecule has 5 heteroatoms. The molecule has 3 N–H and O–H groups in total. The van der Waals surface area contributed by atoms with Crippen molar-refractivity contribution in [1.29, 1.82) is 0 Å². The van der Waals surface area contributed by atoms with E-state index in [4.69, 9.17) is 5.11 Å². The van der Waals surface area contributed by atoms with Gasteiger partial charge in [-0.2, -0.15) is 0 Å². The lowest BCUT2D eigenvalue weighted by atomic mass is 10.0. The van der Waals surface area contributed by atoms with Gasteiger partial charge in [0, 0.05) is 6.54 Å². The number of carbonyl (C=O) groups is 2. The third-order valence-corrected chi connectivity index (χ3v) is 2.58. The second-order valence-electron chi connectivity index (χ2n) is 4.79. The van der Waals surface area contributed by atoms with E-state index in [1.54, 1.807) is 6.92 Å². The van der Waals surface area contributed by atoms with Gasteiger partial charge in [0.25, 0.3) is 0 Å². The molecule has 1 amide bonds. The van der Waals surface area contributed by atoms with E-state index in [1.807, 2.05) is 0 Å². The average molecular weight is 244 g/mol. The van der Waals surface area contributed by atoms with Gasteiger partial charge < -0.3 is 10.4 Å². The number of carbonyl (C=O) groups excluding carboxylic acids is 1. The molecule has 0 spiro atoms. The zero-order valence-corrected chi connectivity index (χ0v) is 11.2. The van der Waals surface area contributed by atoms with Crippen molar-refractivity contribution in [2.45, 2.75) is 58.5 Å². The van der Waals surface area contributed by atoms with Crippen molar-refractivity contribution < 1.29 is 14.7 Å². The minimum Gasteiger partial charge on any atom is -0.480 e. The second kappa shape index (κ2) is 7.27. The molecule has 0 fully saturated rings. The fourth-order valence-electron chi connectivity index (χ4n) is 1.41. The lowest BCUT2D eigenvalue weighted by Gasteiger charge is -2.25. The Labute approximate surface area is 103 Å². The number of nitrogens with one attached hydrogen (secondary N) is 2. The lowest BCUT2D eigenvalue weighted by Crippen LogP contribution is -2.55. The summed E-state index contributed by atoms with van der Waals surface area (Å²) in [5.41, 5.74) is -1.10. The van der Waals surface area contributed by atoms with E-state index in [0.29, 0.717) is 6.54 Å². The highest BCUT2D eigenvalue weighted by Gasteiger charge is 2.30. The van der Waals surface area contributed by atoms with Gasteiger partial charge in [0.1, 0.15) is 5.54 Å². The lowest BCUT2D eigenvalue weighted by molar-refractivity contribution is -0.144. The Morgan fingerprint density at radius 3 is 2.35 bits per heavy atom. The maximum atomic E-state index is 11.6. The van der Waals surface area contributed by atoms with Crippen LogP contribution in [0.4, 0.5) is 0 Å². The maximum absolute atomic E-state index is 11.6. The van der Waals surface area contributed by atoms with Crippen molar-refractivity contribution in [1.82, 2.24) is 10.6 Å². The van der Waals surface area contributed by atoms with Crippen LogP contribution in [0.3, 0.4) is 0 Å². The topological polar surface area (TPSA) is 78.4 Å². The Bertz CT molecular complexity index is 264. The number of amides is 1. The number of hydrogen-bond donors (Lipinski definition) is 3. The molecule has 1 unspecified atom stereocenters. The number of aliphatic carboxylic acids is 1. The first-order valence-electron chi connectivity index (χ1n) is 6.10. The number of carboxylic acids is 1. The summed E-state index contributed by atoms with van der Waals surface area (Å²) in [5, 5.41) is 14.5. The predicted molar refractivity (Wildman–Crippen MR) is 66.8 cm³/mol. The van der Waals surface area contributed by atoms with Gasteiger partial charge in [-0.3, -0.25) is 14.9 Å². The van der Waals surface area contributed by atoms with Gasteiger partial charge in [-0.25, -0.2) is 0 Å². The molecule has 0 saturated heterocycles. The van der Waals surface area contributed by atoms with E-state index in [2.05, 4.69) is 17.6 Å². The molecule has 0 radical (unpaired) electrons. The van der Waals surface area contributed by atoms with Gasteiger partial charge in [-0.1, -0.05) is 19.8 Å². The molecule has 0 aliphatic heterocycles. The average Bonchev–Trinajstić information content (AvgIpc) is 2.23. The smallest absolute Gasteiger partial charge is 0.323 e. The van der Waals surface area contributed by atoms with E-state index in [0.717, 1.165) is 19.3 Å². The van der Waals surface area contributed by atoms with Crippen molar-refractivity contribution in [2.75, 3.05) is 6.54 Å². The van der Waals surface area contributed by atoms with Crippen molar-refractivity contribution in [3.8, 4) is 0 Å². The minimum atomic E-state index is -1.10. The number of carboxylic acid groups (broad SMARTS) is 1. The molecule has 0 rings (SSSR count). The molecule has 1 atom stereocenters. The van der Waals surface area contributed by atoms with Crippen LogP contribution in [0.2, 0.25) is 0 Å². The fraction of sp³-hybridized carbons (Fsp3) is 0.833. The van der Waals surface area contributed by atoms with Crippen LogP contribution < -0.4 is 10.6 Å². The first kappa shape index (κ1) is 15.9. The van der Waals surface area contributed by atoms with Crippen LogP contribution in [-0.4, -0.2) is 35.1 Å². The molecule has 0 aliphatic carbocycles. The van der Waals surface area contributed by atoms with Gasteiger partial charge in [-0.15, -0.1) is 0 Å². The molecular formula is C12H24N2O3. The summed E-state index contributed by atoms with van der Waals surface area (Å²) >= 11 is 0. The molecule has 0 aliphatic rings. The van der Waals surface area contributed by atoms with Gasteiger partial charge in [-0.05, 0) is 27.2 Å². The summed E-state index contributed by atoms with van der Waals surface area (Å²) in [6.07, 6.45) is 3.15. The molecule has 5 nitrogen and oxygen atoms in total. The number of unbranched alkanes of at least 4 members (excludes halogenated alkanes) is 2. The Morgan fingerprint density at radius 1 is 1.29 bits per heavy atom. The van der Waals surface area contributed by atoms with Crippen molar-refractivity contribution in [3.63, 3.8) is 0 Å². The molecule has 0 aromatic carbocycles. The summed E-state index contributed by atoms with van der Waals surface area (Å²) in [6, 6.07) is -0.511. The Hall–Kier alpha value is -1.10. The van der Waals surface area contributed by atoms with Crippen LogP contribution in [0.5, 0.6) is 0 Å². The molecular weight excluding hydrogens is 220 g/mol. The van der Waals surface area contributed by atoms with E-state index >= 15 is 0 Å². The molecule has 17 heavy (non-hydrogen) atoms. The summed E-state index contributed by atoms with van der Waals surface area (Å²) in [7, 11) is 0. The monoisotopic (exact) mass is 244 g/mol. The summed E-state index contributed by atoms with van der Waals surface area (Å²) in [6.45, 7) is 7.49. The first-order chi connectivity index (χ1) is 7.81. The van der Waals surface area contributed by atoms with Crippen LogP contribution in [-0.2, 0) is 9.59 Å². The largest absolute Gasteiger partial charge is 0.480 e. The first-order valence-corrected chi connectivity index (χ1v) is 6.10. The van der Waals surface area contributed by atoms with Gasteiger partial charge in [0.2, 0.25) is 5.91 Å². The number of hydrogen-bond acceptors (Lipinski definition) is 3. The number of rotatable bonds is 8. The third kappa shape index (κ3) is 6.26. The molecule has 0 aromatic heterocycles. The summed E-state index contributed by atoms with van der Waals surface area (Å²) in [4.78, 5) is 22.5. The van der Waals surface area contributed by atoms with Crippen LogP contribution in [0.25, 0.3) is 0 Å². The van der Waals surface area contributed by atoms with E-state index in [9.17, 15) is 9.59 Å². The van der Waals surface area contributed by atoms with Crippen molar-refractivity contribution >= 4 is 11.9 Å². The molecule has 0 saturated carbocycles. The highest BCUT2D eigenvalue weighted by Crippen LogP contribution is 2.03. The van der Waals surface area contributed by atoms with Crippen LogP contribution in [0.1, 0.15) is 47.0 Å². The Morgan fingerprint density at radius 2 is 1.88 bits per heavy atom. The normalized spacial score (nSPS) is 13.2. The molecule has 0 aromatic rings. The van der Waals surface area contributed by atoms with Gasteiger partial charge in [0.05, 0.1) is 6.04 Å². The quantitative estimate of drug-likeness (QED) is 0.559. The highest BCUT2D eigenvalue weighted by atomic mass is 16.4. The Balaban J connectivity index is 4.01. The Kier molecular flexibility index (Phi) is 6.80. The maximum Gasteiger partial charge on any atom is 0.323 e. The standard InChI is InChI=1S/C12H24N2O3/c1-5-6-7-8-13-10(15)9(2)14-12(3,4)11(16)17/h9,14H,5-8H2,1-4H3,(H,13,15)(H,16,17). The highest BCUT2D eigenvalue weighted by molar-refractivity contribution is 5.83. The zero-order chi connectivity index (χ0) is 13.5. The van der Waals surface area contributed by atoms with Crippen LogP contribution in [0, 0.1) is 0 Å². The van der Waals surface area contributed by atoms with Crippen LogP contribution >= 0.6 is 0 Å². The third-order valence-electron chi connectivity index (χ3n) is 2.58. The molecule has 0 heterocycles.